The molecule has 0 aromatic heterocycles. The molecular weight excluding hydrogens is 284 g/mol. The zero-order valence-corrected chi connectivity index (χ0v) is 11.8. The summed E-state index contributed by atoms with van der Waals surface area (Å²) in [5, 5.41) is 2.69. The van der Waals surface area contributed by atoms with Crippen molar-refractivity contribution in [1.29, 1.82) is 0 Å². The van der Waals surface area contributed by atoms with E-state index in [2.05, 4.69) is 5.32 Å². The van der Waals surface area contributed by atoms with Crippen molar-refractivity contribution in [3.63, 3.8) is 0 Å². The molecule has 114 valence electrons. The number of benzene rings is 2. The first-order valence-corrected chi connectivity index (χ1v) is 6.62. The molecule has 0 aliphatic heterocycles. The average molecular weight is 300 g/mol. The minimum atomic E-state index is -0.546. The molecule has 0 spiro atoms. The van der Waals surface area contributed by atoms with Gasteiger partial charge in [-0.2, -0.15) is 0 Å². The van der Waals surface area contributed by atoms with Gasteiger partial charge in [0.1, 0.15) is 11.5 Å². The van der Waals surface area contributed by atoms with Crippen LogP contribution in [0.5, 0.6) is 11.5 Å². The number of carbonyl (C=O) groups excluding carboxylic acids is 2. The number of nitrogens with one attached hydrogen (secondary N) is 1. The molecule has 6 heteroatoms. The number of para-hydroxylation sites is 1. The zero-order chi connectivity index (χ0) is 15.8. The van der Waals surface area contributed by atoms with E-state index in [-0.39, 0.29) is 19.1 Å². The Hall–Kier alpha value is -3.02. The van der Waals surface area contributed by atoms with E-state index >= 15 is 0 Å². The van der Waals surface area contributed by atoms with Gasteiger partial charge in [0.15, 0.2) is 13.2 Å². The van der Waals surface area contributed by atoms with E-state index in [4.69, 9.17) is 15.2 Å². The Morgan fingerprint density at radius 3 is 2.09 bits per heavy atom. The Labute approximate surface area is 127 Å². The van der Waals surface area contributed by atoms with Crippen molar-refractivity contribution in [3.05, 3.63) is 54.6 Å². The number of anilines is 1. The summed E-state index contributed by atoms with van der Waals surface area (Å²) < 4.78 is 10.5. The van der Waals surface area contributed by atoms with Crippen molar-refractivity contribution >= 4 is 17.5 Å². The lowest BCUT2D eigenvalue weighted by molar-refractivity contribution is -0.120. The smallest absolute Gasteiger partial charge is 0.262 e. The van der Waals surface area contributed by atoms with E-state index in [9.17, 15) is 9.59 Å². The molecule has 6 nitrogen and oxygen atoms in total. The third-order valence-electron chi connectivity index (χ3n) is 2.63. The van der Waals surface area contributed by atoms with Crippen LogP contribution < -0.4 is 20.5 Å². The minimum absolute atomic E-state index is 0.0794. The summed E-state index contributed by atoms with van der Waals surface area (Å²) in [6, 6.07) is 15.7. The second-order valence-corrected chi connectivity index (χ2v) is 4.43. The molecule has 0 unspecified atom stereocenters. The maximum Gasteiger partial charge on any atom is 0.262 e. The molecule has 22 heavy (non-hydrogen) atoms. The van der Waals surface area contributed by atoms with Gasteiger partial charge in [-0.25, -0.2) is 0 Å². The second-order valence-electron chi connectivity index (χ2n) is 4.43. The van der Waals surface area contributed by atoms with Crippen LogP contribution in [0.3, 0.4) is 0 Å². The van der Waals surface area contributed by atoms with Crippen molar-refractivity contribution in [2.24, 2.45) is 5.73 Å². The molecule has 2 aromatic carbocycles. The van der Waals surface area contributed by atoms with Crippen molar-refractivity contribution < 1.29 is 19.1 Å². The summed E-state index contributed by atoms with van der Waals surface area (Å²) >= 11 is 0. The highest BCUT2D eigenvalue weighted by molar-refractivity contribution is 5.91. The van der Waals surface area contributed by atoms with Gasteiger partial charge in [-0.05, 0) is 36.4 Å². The Bertz CT molecular complexity index is 626. The highest BCUT2D eigenvalue weighted by Gasteiger charge is 2.04. The van der Waals surface area contributed by atoms with Gasteiger partial charge in [-0.3, -0.25) is 9.59 Å². The van der Waals surface area contributed by atoms with Crippen molar-refractivity contribution in [2.45, 2.75) is 0 Å². The first-order valence-electron chi connectivity index (χ1n) is 6.62. The minimum Gasteiger partial charge on any atom is -0.484 e. The molecular formula is C16H16N2O4. The zero-order valence-electron chi connectivity index (χ0n) is 11.8. The van der Waals surface area contributed by atoms with Gasteiger partial charge in [0, 0.05) is 5.69 Å². The molecule has 0 atom stereocenters. The van der Waals surface area contributed by atoms with Gasteiger partial charge < -0.3 is 20.5 Å². The average Bonchev–Trinajstić information content (AvgIpc) is 2.53. The van der Waals surface area contributed by atoms with E-state index in [0.29, 0.717) is 17.2 Å². The highest BCUT2D eigenvalue weighted by atomic mass is 16.5. The van der Waals surface area contributed by atoms with Crippen molar-refractivity contribution in [3.8, 4) is 11.5 Å². The lowest BCUT2D eigenvalue weighted by atomic mass is 10.3. The summed E-state index contributed by atoms with van der Waals surface area (Å²) in [6.07, 6.45) is 0. The topological polar surface area (TPSA) is 90.7 Å². The van der Waals surface area contributed by atoms with Gasteiger partial charge in [0.25, 0.3) is 11.8 Å². The highest BCUT2D eigenvalue weighted by Crippen LogP contribution is 2.15. The molecule has 0 saturated heterocycles. The Morgan fingerprint density at radius 1 is 0.864 bits per heavy atom. The standard InChI is InChI=1S/C16H16N2O4/c17-15(19)10-21-14-8-6-12(7-9-14)18-16(20)11-22-13-4-2-1-3-5-13/h1-9H,10-11H2,(H2,17,19)(H,18,20). The fourth-order valence-corrected chi connectivity index (χ4v) is 1.65. The van der Waals surface area contributed by atoms with Crippen molar-refractivity contribution in [2.75, 3.05) is 18.5 Å². The van der Waals surface area contributed by atoms with Crippen LogP contribution in [-0.4, -0.2) is 25.0 Å². The molecule has 3 N–H and O–H groups in total. The molecule has 0 aliphatic rings. The molecule has 2 aromatic rings. The fourth-order valence-electron chi connectivity index (χ4n) is 1.65. The van der Waals surface area contributed by atoms with Crippen LogP contribution in [0.15, 0.2) is 54.6 Å². The van der Waals surface area contributed by atoms with Crippen LogP contribution in [0.4, 0.5) is 5.69 Å². The first-order chi connectivity index (χ1) is 10.6. The summed E-state index contributed by atoms with van der Waals surface area (Å²) in [6.45, 7) is -0.263. The molecule has 2 rings (SSSR count). The molecule has 0 saturated carbocycles. The Kier molecular flexibility index (Phi) is 5.37. The lowest BCUT2D eigenvalue weighted by Crippen LogP contribution is -2.20. The third-order valence-corrected chi connectivity index (χ3v) is 2.63. The molecule has 0 aliphatic carbocycles. The van der Waals surface area contributed by atoms with Gasteiger partial charge in [0.05, 0.1) is 0 Å². The lowest BCUT2D eigenvalue weighted by Gasteiger charge is -2.08. The summed E-state index contributed by atoms with van der Waals surface area (Å²) in [4.78, 5) is 22.4. The van der Waals surface area contributed by atoms with Gasteiger partial charge in [0.2, 0.25) is 0 Å². The SMILES string of the molecule is NC(=O)COc1ccc(NC(=O)COc2ccccc2)cc1. The maximum absolute atomic E-state index is 11.8. The predicted octanol–water partition coefficient (Wildman–Crippen LogP) is 1.57. The van der Waals surface area contributed by atoms with Gasteiger partial charge >= 0.3 is 0 Å². The maximum atomic E-state index is 11.8. The Morgan fingerprint density at radius 2 is 1.45 bits per heavy atom. The predicted molar refractivity (Wildman–Crippen MR) is 81.7 cm³/mol. The van der Waals surface area contributed by atoms with E-state index in [1.54, 1.807) is 36.4 Å². The summed E-state index contributed by atoms with van der Waals surface area (Å²) in [5.74, 6) is 0.315. The quantitative estimate of drug-likeness (QED) is 0.812. The molecule has 2 amide bonds. The summed E-state index contributed by atoms with van der Waals surface area (Å²) in [5.41, 5.74) is 5.59. The number of carbonyl (C=O) groups is 2. The number of hydrogen-bond acceptors (Lipinski definition) is 4. The van der Waals surface area contributed by atoms with E-state index in [0.717, 1.165) is 0 Å². The number of nitrogens with two attached hydrogens (primary N) is 1. The van der Waals surface area contributed by atoms with Gasteiger partial charge in [-0.15, -0.1) is 0 Å². The van der Waals surface area contributed by atoms with Crippen LogP contribution in [0.2, 0.25) is 0 Å². The largest absolute Gasteiger partial charge is 0.484 e. The number of rotatable bonds is 7. The summed E-state index contributed by atoms with van der Waals surface area (Å²) in [7, 11) is 0. The van der Waals surface area contributed by atoms with Gasteiger partial charge in [-0.1, -0.05) is 18.2 Å². The first kappa shape index (κ1) is 15.4. The van der Waals surface area contributed by atoms with Crippen LogP contribution >= 0.6 is 0 Å². The van der Waals surface area contributed by atoms with Crippen LogP contribution in [0, 0.1) is 0 Å². The number of primary amides is 1. The molecule has 0 bridgehead atoms. The van der Waals surface area contributed by atoms with E-state index in [1.165, 1.54) is 0 Å². The van der Waals surface area contributed by atoms with Crippen LogP contribution in [0.25, 0.3) is 0 Å². The Balaban J connectivity index is 1.80. The number of ether oxygens (including phenoxy) is 2. The normalized spacial score (nSPS) is 9.82. The fraction of sp³-hybridized carbons (Fsp3) is 0.125. The van der Waals surface area contributed by atoms with Crippen LogP contribution in [-0.2, 0) is 9.59 Å². The molecule has 0 radical (unpaired) electrons. The molecule has 0 heterocycles. The van der Waals surface area contributed by atoms with Crippen molar-refractivity contribution in [1.82, 2.24) is 0 Å². The molecule has 0 fully saturated rings. The third kappa shape index (κ3) is 5.16. The van der Waals surface area contributed by atoms with E-state index in [1.807, 2.05) is 18.2 Å². The number of amides is 2. The van der Waals surface area contributed by atoms with Crippen LogP contribution in [0.1, 0.15) is 0 Å². The second kappa shape index (κ2) is 7.68. The number of hydrogen-bond donors (Lipinski definition) is 2. The van der Waals surface area contributed by atoms with E-state index < -0.39 is 5.91 Å². The monoisotopic (exact) mass is 300 g/mol.